The van der Waals surface area contributed by atoms with Gasteiger partial charge in [0.2, 0.25) is 16.9 Å². The topological polar surface area (TPSA) is 84.0 Å². The first-order chi connectivity index (χ1) is 16.1. The van der Waals surface area contributed by atoms with Gasteiger partial charge >= 0.3 is 0 Å². The maximum Gasteiger partial charge on any atom is 0.249 e. The third-order valence-electron chi connectivity index (χ3n) is 5.94. The van der Waals surface area contributed by atoms with E-state index in [0.29, 0.717) is 33.9 Å². The van der Waals surface area contributed by atoms with E-state index >= 15 is 0 Å². The van der Waals surface area contributed by atoms with Crippen LogP contribution in [0.3, 0.4) is 0 Å². The highest BCUT2D eigenvalue weighted by Gasteiger charge is 2.24. The van der Waals surface area contributed by atoms with Crippen molar-refractivity contribution in [3.8, 4) is 10.6 Å². The van der Waals surface area contributed by atoms with Gasteiger partial charge in [-0.3, -0.25) is 14.9 Å². The van der Waals surface area contributed by atoms with Gasteiger partial charge in [-0.25, -0.2) is 0 Å². The summed E-state index contributed by atoms with van der Waals surface area (Å²) in [6.45, 7) is 0. The minimum atomic E-state index is -0.689. The van der Waals surface area contributed by atoms with Gasteiger partial charge in [-0.2, -0.15) is 0 Å². The monoisotopic (exact) mass is 482 g/mol. The van der Waals surface area contributed by atoms with Crippen LogP contribution < -0.4 is 10.6 Å². The summed E-state index contributed by atoms with van der Waals surface area (Å²) >= 11 is 7.23. The highest BCUT2D eigenvalue weighted by molar-refractivity contribution is 7.18. The van der Waals surface area contributed by atoms with Gasteiger partial charge in [0.25, 0.3) is 0 Å². The highest BCUT2D eigenvalue weighted by Crippen LogP contribution is 2.29. The van der Waals surface area contributed by atoms with Crippen LogP contribution in [0, 0.1) is 5.92 Å². The summed E-state index contributed by atoms with van der Waals surface area (Å²) in [5.74, 6) is 0.244. The van der Waals surface area contributed by atoms with Gasteiger partial charge in [-0.05, 0) is 30.0 Å². The fourth-order valence-electron chi connectivity index (χ4n) is 4.14. The Hall–Kier alpha value is -2.77. The largest absolute Gasteiger partial charge is 0.344 e. The molecule has 1 aliphatic carbocycles. The van der Waals surface area contributed by atoms with Crippen molar-refractivity contribution in [3.05, 3.63) is 65.2 Å². The Kier molecular flexibility index (Phi) is 8.07. The Labute approximate surface area is 202 Å². The van der Waals surface area contributed by atoms with Gasteiger partial charge < -0.3 is 5.32 Å². The average Bonchev–Trinajstić information content (AvgIpc) is 3.51. The van der Waals surface area contributed by atoms with E-state index in [9.17, 15) is 9.59 Å². The van der Waals surface area contributed by atoms with E-state index in [4.69, 9.17) is 11.6 Å². The standard InChI is InChI=1S/C25H27ClN4O2S/c26-20-13-11-19(12-14-20)24-29-30-25(33-24)28-23(32)21(16-18-8-2-1-3-9-18)27-22(31)15-10-17-6-4-5-7-17/h1-3,8-9,11-14,17,21H,4-7,10,15-16H2,(H,27,31)(H,28,30,32). The maximum atomic E-state index is 13.1. The van der Waals surface area contributed by atoms with Crippen LogP contribution in [0.15, 0.2) is 54.6 Å². The molecule has 172 valence electrons. The number of benzene rings is 2. The Balaban J connectivity index is 1.41. The number of hydrogen-bond donors (Lipinski definition) is 2. The van der Waals surface area contributed by atoms with Crippen molar-refractivity contribution in [1.82, 2.24) is 15.5 Å². The molecule has 0 aliphatic heterocycles. The van der Waals surface area contributed by atoms with E-state index in [2.05, 4.69) is 20.8 Å². The molecule has 0 saturated heterocycles. The maximum absolute atomic E-state index is 13.1. The number of halogens is 1. The van der Waals surface area contributed by atoms with Crippen molar-refractivity contribution < 1.29 is 9.59 Å². The lowest BCUT2D eigenvalue weighted by Crippen LogP contribution is -2.45. The molecule has 1 saturated carbocycles. The molecule has 4 rings (SSSR count). The molecule has 2 N–H and O–H groups in total. The van der Waals surface area contributed by atoms with Crippen molar-refractivity contribution >= 4 is 39.9 Å². The second-order valence-corrected chi connectivity index (χ2v) is 9.82. The Morgan fingerprint density at radius 2 is 1.76 bits per heavy atom. The van der Waals surface area contributed by atoms with Crippen LogP contribution in [0.25, 0.3) is 10.6 Å². The molecule has 2 amide bonds. The fourth-order valence-corrected chi connectivity index (χ4v) is 5.01. The predicted octanol–water partition coefficient (Wildman–Crippen LogP) is 5.49. The summed E-state index contributed by atoms with van der Waals surface area (Å²) in [5.41, 5.74) is 1.85. The number of hydrogen-bond acceptors (Lipinski definition) is 5. The Bertz CT molecular complexity index is 1070. The van der Waals surface area contributed by atoms with Crippen LogP contribution in [0.2, 0.25) is 5.02 Å². The second-order valence-electron chi connectivity index (χ2n) is 8.41. The molecule has 1 unspecified atom stereocenters. The van der Waals surface area contributed by atoms with E-state index in [1.807, 2.05) is 42.5 Å². The first-order valence-corrected chi connectivity index (χ1v) is 12.5. The molecule has 1 aliphatic rings. The molecule has 2 aromatic carbocycles. The van der Waals surface area contributed by atoms with Gasteiger partial charge in [-0.1, -0.05) is 91.1 Å². The van der Waals surface area contributed by atoms with Gasteiger partial charge in [0, 0.05) is 23.4 Å². The molecule has 1 aromatic heterocycles. The molecular weight excluding hydrogens is 456 g/mol. The summed E-state index contributed by atoms with van der Waals surface area (Å²) in [7, 11) is 0. The summed E-state index contributed by atoms with van der Waals surface area (Å²) in [6.07, 6.45) is 6.65. The van der Waals surface area contributed by atoms with Crippen LogP contribution in [0.5, 0.6) is 0 Å². The summed E-state index contributed by atoms with van der Waals surface area (Å²) in [4.78, 5) is 25.7. The molecule has 1 fully saturated rings. The van der Waals surface area contributed by atoms with Crippen molar-refractivity contribution in [2.45, 2.75) is 51.0 Å². The van der Waals surface area contributed by atoms with Crippen LogP contribution in [-0.2, 0) is 16.0 Å². The molecular formula is C25H27ClN4O2S. The number of carbonyl (C=O) groups is 2. The molecule has 3 aromatic rings. The first-order valence-electron chi connectivity index (χ1n) is 11.3. The van der Waals surface area contributed by atoms with Gasteiger partial charge in [0.1, 0.15) is 11.0 Å². The van der Waals surface area contributed by atoms with E-state index in [1.54, 1.807) is 12.1 Å². The van der Waals surface area contributed by atoms with Gasteiger partial charge in [0.15, 0.2) is 0 Å². The van der Waals surface area contributed by atoms with Crippen LogP contribution in [0.1, 0.15) is 44.1 Å². The van der Waals surface area contributed by atoms with Gasteiger partial charge in [0.05, 0.1) is 0 Å². The zero-order valence-corrected chi connectivity index (χ0v) is 19.9. The highest BCUT2D eigenvalue weighted by atomic mass is 35.5. The van der Waals surface area contributed by atoms with Gasteiger partial charge in [-0.15, -0.1) is 10.2 Å². The molecule has 8 heteroatoms. The molecule has 1 atom stereocenters. The number of carbonyl (C=O) groups excluding carboxylic acids is 2. The van der Waals surface area contributed by atoms with Crippen molar-refractivity contribution in [2.75, 3.05) is 5.32 Å². The third-order valence-corrected chi connectivity index (χ3v) is 7.07. The fraction of sp³-hybridized carbons (Fsp3) is 0.360. The number of amides is 2. The van der Waals surface area contributed by atoms with Crippen molar-refractivity contribution in [1.29, 1.82) is 0 Å². The third kappa shape index (κ3) is 6.85. The zero-order chi connectivity index (χ0) is 23.0. The van der Waals surface area contributed by atoms with Crippen LogP contribution >= 0.6 is 22.9 Å². The molecule has 0 radical (unpaired) electrons. The number of aromatic nitrogens is 2. The van der Waals surface area contributed by atoms with E-state index in [0.717, 1.165) is 17.5 Å². The number of anilines is 1. The summed E-state index contributed by atoms with van der Waals surface area (Å²) in [6, 6.07) is 16.3. The number of nitrogens with one attached hydrogen (secondary N) is 2. The van der Waals surface area contributed by atoms with Crippen molar-refractivity contribution in [2.24, 2.45) is 5.92 Å². The lowest BCUT2D eigenvalue weighted by molar-refractivity contribution is -0.126. The summed E-state index contributed by atoms with van der Waals surface area (Å²) < 4.78 is 0. The van der Waals surface area contributed by atoms with E-state index in [-0.39, 0.29) is 11.8 Å². The quantitative estimate of drug-likeness (QED) is 0.422. The predicted molar refractivity (Wildman–Crippen MR) is 132 cm³/mol. The number of rotatable bonds is 9. The molecule has 6 nitrogen and oxygen atoms in total. The van der Waals surface area contributed by atoms with Crippen LogP contribution in [-0.4, -0.2) is 28.1 Å². The lowest BCUT2D eigenvalue weighted by atomic mass is 10.0. The SMILES string of the molecule is O=C(CCC1CCCC1)NC(Cc1ccccc1)C(=O)Nc1nnc(-c2ccc(Cl)cc2)s1. The molecule has 1 heterocycles. The first kappa shape index (κ1) is 23.4. The minimum absolute atomic E-state index is 0.0860. The van der Waals surface area contributed by atoms with E-state index < -0.39 is 6.04 Å². The Morgan fingerprint density at radius 3 is 2.48 bits per heavy atom. The molecule has 0 spiro atoms. The normalized spacial score (nSPS) is 14.7. The Morgan fingerprint density at radius 1 is 1.03 bits per heavy atom. The van der Waals surface area contributed by atoms with E-state index in [1.165, 1.54) is 37.0 Å². The minimum Gasteiger partial charge on any atom is -0.344 e. The lowest BCUT2D eigenvalue weighted by Gasteiger charge is -2.18. The smallest absolute Gasteiger partial charge is 0.249 e. The second kappa shape index (κ2) is 11.4. The summed E-state index contributed by atoms with van der Waals surface area (Å²) in [5, 5.41) is 15.8. The molecule has 33 heavy (non-hydrogen) atoms. The van der Waals surface area contributed by atoms with Crippen LogP contribution in [0.4, 0.5) is 5.13 Å². The van der Waals surface area contributed by atoms with Crippen molar-refractivity contribution in [3.63, 3.8) is 0 Å². The number of nitrogens with zero attached hydrogens (tertiary/aromatic N) is 2. The zero-order valence-electron chi connectivity index (χ0n) is 18.3. The molecule has 0 bridgehead atoms. The average molecular weight is 483 g/mol.